The van der Waals surface area contributed by atoms with Gasteiger partial charge in [0.2, 0.25) is 0 Å². The fourth-order valence-electron chi connectivity index (χ4n) is 0.634. The maximum atomic E-state index is 11.1. The Morgan fingerprint density at radius 1 is 1.42 bits per heavy atom. The summed E-state index contributed by atoms with van der Waals surface area (Å²) in [4.78, 5) is 11.1. The van der Waals surface area contributed by atoms with Gasteiger partial charge in [-0.25, -0.2) is 4.79 Å². The van der Waals surface area contributed by atoms with Crippen LogP contribution >= 0.6 is 0 Å². The Labute approximate surface area is 74.6 Å². The Morgan fingerprint density at radius 2 is 1.92 bits per heavy atom. The molecule has 0 spiro atoms. The molecule has 0 heterocycles. The van der Waals surface area contributed by atoms with Crippen LogP contribution in [0.3, 0.4) is 0 Å². The van der Waals surface area contributed by atoms with Crippen molar-refractivity contribution in [3.63, 3.8) is 0 Å². The van der Waals surface area contributed by atoms with Gasteiger partial charge in [0.15, 0.2) is 0 Å². The van der Waals surface area contributed by atoms with Crippen molar-refractivity contribution in [1.29, 1.82) is 0 Å². The normalized spacial score (nSPS) is 12.9. The molecule has 0 aliphatic rings. The standard InChI is InChI=1S/C10H18O2/c1-6-8(2)7-9(11)12-10(3,4)5/h7H,6H2,1-5H3/b8-7+. The molecule has 0 aliphatic carbocycles. The Morgan fingerprint density at radius 3 is 2.25 bits per heavy atom. The molecule has 0 aromatic rings. The van der Waals surface area contributed by atoms with Crippen molar-refractivity contribution in [2.45, 2.75) is 46.6 Å². The van der Waals surface area contributed by atoms with Crippen LogP contribution < -0.4 is 0 Å². The van der Waals surface area contributed by atoms with Crippen LogP contribution in [0.1, 0.15) is 41.0 Å². The molecule has 2 heteroatoms. The van der Waals surface area contributed by atoms with E-state index in [4.69, 9.17) is 4.74 Å². The van der Waals surface area contributed by atoms with Crippen LogP contribution in [-0.4, -0.2) is 11.6 Å². The number of carbonyl (C=O) groups is 1. The van der Waals surface area contributed by atoms with Gasteiger partial charge in [-0.3, -0.25) is 0 Å². The van der Waals surface area contributed by atoms with Crippen LogP contribution in [0.5, 0.6) is 0 Å². The fraction of sp³-hybridized carbons (Fsp3) is 0.700. The zero-order chi connectivity index (χ0) is 9.78. The van der Waals surface area contributed by atoms with Crippen LogP contribution in [0.15, 0.2) is 11.6 Å². The van der Waals surface area contributed by atoms with Gasteiger partial charge in [0.1, 0.15) is 5.60 Å². The molecule has 0 aromatic carbocycles. The molecule has 70 valence electrons. The lowest BCUT2D eigenvalue weighted by Crippen LogP contribution is -2.22. The minimum atomic E-state index is -0.387. The Kier molecular flexibility index (Phi) is 4.01. The van der Waals surface area contributed by atoms with Gasteiger partial charge in [-0.05, 0) is 34.1 Å². The summed E-state index contributed by atoms with van der Waals surface area (Å²) in [5.74, 6) is -0.248. The van der Waals surface area contributed by atoms with Crippen molar-refractivity contribution < 1.29 is 9.53 Å². The molecule has 0 radical (unpaired) electrons. The lowest BCUT2D eigenvalue weighted by molar-refractivity contribution is -0.148. The molecule has 0 bridgehead atoms. The van der Waals surface area contributed by atoms with E-state index in [1.165, 1.54) is 0 Å². The number of hydrogen-bond acceptors (Lipinski definition) is 2. The molecular weight excluding hydrogens is 152 g/mol. The summed E-state index contributed by atoms with van der Waals surface area (Å²) in [5.41, 5.74) is 0.658. The van der Waals surface area contributed by atoms with E-state index in [9.17, 15) is 4.79 Å². The number of esters is 1. The summed E-state index contributed by atoms with van der Waals surface area (Å²) in [7, 11) is 0. The highest BCUT2D eigenvalue weighted by Crippen LogP contribution is 2.08. The van der Waals surface area contributed by atoms with Crippen molar-refractivity contribution >= 4 is 5.97 Å². The minimum Gasteiger partial charge on any atom is -0.457 e. The lowest BCUT2D eigenvalue weighted by atomic mass is 10.2. The first kappa shape index (κ1) is 11.2. The Bertz CT molecular complexity index is 185. The van der Waals surface area contributed by atoms with Gasteiger partial charge in [0.05, 0.1) is 0 Å². The number of ether oxygens (including phenoxy) is 1. The average Bonchev–Trinajstić information content (AvgIpc) is 1.82. The molecule has 0 N–H and O–H groups in total. The Hall–Kier alpha value is -0.790. The van der Waals surface area contributed by atoms with E-state index in [1.54, 1.807) is 6.08 Å². The van der Waals surface area contributed by atoms with Crippen molar-refractivity contribution in [1.82, 2.24) is 0 Å². The maximum Gasteiger partial charge on any atom is 0.331 e. The van der Waals surface area contributed by atoms with Crippen LogP contribution in [0.25, 0.3) is 0 Å². The van der Waals surface area contributed by atoms with Crippen LogP contribution in [0, 0.1) is 0 Å². The zero-order valence-electron chi connectivity index (χ0n) is 8.60. The largest absolute Gasteiger partial charge is 0.457 e. The third kappa shape index (κ3) is 5.96. The van der Waals surface area contributed by atoms with Gasteiger partial charge in [0, 0.05) is 6.08 Å². The third-order valence-electron chi connectivity index (χ3n) is 1.33. The molecular formula is C10H18O2. The third-order valence-corrected chi connectivity index (χ3v) is 1.33. The quantitative estimate of drug-likeness (QED) is 0.470. The van der Waals surface area contributed by atoms with E-state index >= 15 is 0 Å². The molecule has 0 unspecified atom stereocenters. The zero-order valence-corrected chi connectivity index (χ0v) is 8.60. The van der Waals surface area contributed by atoms with Crippen molar-refractivity contribution in [3.8, 4) is 0 Å². The highest BCUT2D eigenvalue weighted by molar-refractivity contribution is 5.83. The first-order valence-corrected chi connectivity index (χ1v) is 4.25. The molecule has 0 saturated heterocycles. The molecule has 0 aromatic heterocycles. The summed E-state index contributed by atoms with van der Waals surface area (Å²) >= 11 is 0. The lowest BCUT2D eigenvalue weighted by Gasteiger charge is -2.18. The van der Waals surface area contributed by atoms with E-state index < -0.39 is 0 Å². The summed E-state index contributed by atoms with van der Waals surface area (Å²) in [6, 6.07) is 0. The highest BCUT2D eigenvalue weighted by Gasteiger charge is 2.14. The number of carbonyl (C=O) groups excluding carboxylic acids is 1. The fourth-order valence-corrected chi connectivity index (χ4v) is 0.634. The summed E-state index contributed by atoms with van der Waals surface area (Å²) in [6.07, 6.45) is 2.44. The minimum absolute atomic E-state index is 0.248. The molecule has 0 fully saturated rings. The second kappa shape index (κ2) is 4.29. The second-order valence-corrected chi connectivity index (χ2v) is 3.88. The monoisotopic (exact) mass is 170 g/mol. The summed E-state index contributed by atoms with van der Waals surface area (Å²) in [6.45, 7) is 9.51. The number of allylic oxidation sites excluding steroid dienone is 1. The molecule has 12 heavy (non-hydrogen) atoms. The Balaban J connectivity index is 4.08. The van der Waals surface area contributed by atoms with Crippen molar-refractivity contribution in [3.05, 3.63) is 11.6 Å². The topological polar surface area (TPSA) is 26.3 Å². The summed E-state index contributed by atoms with van der Waals surface area (Å²) in [5, 5.41) is 0. The molecule has 0 aliphatic heterocycles. The molecule has 0 saturated carbocycles. The predicted molar refractivity (Wildman–Crippen MR) is 49.9 cm³/mol. The predicted octanol–water partition coefficient (Wildman–Crippen LogP) is 2.68. The highest BCUT2D eigenvalue weighted by atomic mass is 16.6. The van der Waals surface area contributed by atoms with Gasteiger partial charge in [-0.15, -0.1) is 0 Å². The van der Waals surface area contributed by atoms with Crippen LogP contribution in [-0.2, 0) is 9.53 Å². The van der Waals surface area contributed by atoms with Crippen molar-refractivity contribution in [2.75, 3.05) is 0 Å². The maximum absolute atomic E-state index is 11.1. The SMILES string of the molecule is CC/C(C)=C/C(=O)OC(C)(C)C. The first-order chi connectivity index (χ1) is 5.35. The number of hydrogen-bond donors (Lipinski definition) is 0. The molecule has 0 atom stereocenters. The van der Waals surface area contributed by atoms with Gasteiger partial charge >= 0.3 is 5.97 Å². The van der Waals surface area contributed by atoms with E-state index in [0.717, 1.165) is 12.0 Å². The second-order valence-electron chi connectivity index (χ2n) is 3.88. The van der Waals surface area contributed by atoms with Crippen LogP contribution in [0.2, 0.25) is 0 Å². The van der Waals surface area contributed by atoms with Crippen LogP contribution in [0.4, 0.5) is 0 Å². The smallest absolute Gasteiger partial charge is 0.331 e. The van der Waals surface area contributed by atoms with Gasteiger partial charge in [-0.2, -0.15) is 0 Å². The van der Waals surface area contributed by atoms with Gasteiger partial charge in [-0.1, -0.05) is 12.5 Å². The number of rotatable bonds is 2. The summed E-state index contributed by atoms with van der Waals surface area (Å²) < 4.78 is 5.09. The average molecular weight is 170 g/mol. The van der Waals surface area contributed by atoms with Gasteiger partial charge in [0.25, 0.3) is 0 Å². The first-order valence-electron chi connectivity index (χ1n) is 4.25. The van der Waals surface area contributed by atoms with E-state index in [2.05, 4.69) is 0 Å². The molecule has 0 amide bonds. The molecule has 2 nitrogen and oxygen atoms in total. The van der Waals surface area contributed by atoms with Crippen molar-refractivity contribution in [2.24, 2.45) is 0 Å². The van der Waals surface area contributed by atoms with E-state index in [-0.39, 0.29) is 11.6 Å². The van der Waals surface area contributed by atoms with Gasteiger partial charge < -0.3 is 4.74 Å². The molecule has 0 rings (SSSR count). The van der Waals surface area contributed by atoms with E-state index in [0.29, 0.717) is 0 Å². The van der Waals surface area contributed by atoms with E-state index in [1.807, 2.05) is 34.6 Å².